The first-order valence-electron chi connectivity index (χ1n) is 9.51. The summed E-state index contributed by atoms with van der Waals surface area (Å²) in [5.74, 6) is 0. The largest absolute Gasteiger partial charge is 0.243 e. The minimum absolute atomic E-state index is 0.0734. The van der Waals surface area contributed by atoms with Gasteiger partial charge in [-0.25, -0.2) is 8.42 Å². The lowest BCUT2D eigenvalue weighted by atomic mass is 9.65. The molecule has 25 heavy (non-hydrogen) atoms. The summed E-state index contributed by atoms with van der Waals surface area (Å²) < 4.78 is 28.4. The normalized spacial score (nSPS) is 29.8. The van der Waals surface area contributed by atoms with Crippen LogP contribution in [0.15, 0.2) is 29.2 Å². The number of hydrogen-bond donors (Lipinski definition) is 0. The first-order valence-corrected chi connectivity index (χ1v) is 11.0. The van der Waals surface area contributed by atoms with Crippen LogP contribution in [0.1, 0.15) is 72.8 Å². The fourth-order valence-corrected chi connectivity index (χ4v) is 6.88. The van der Waals surface area contributed by atoms with Crippen LogP contribution in [-0.4, -0.2) is 25.3 Å². The Bertz CT molecular complexity index is 749. The Labute approximate surface area is 153 Å². The molecule has 0 aromatic heterocycles. The standard InChI is InChI=1S/C21H33NO2S/c1-7-20(4,5)16-8-10-18(11-9-16)25(23,24)22-15-21(6)13-17(22)12-19(2,3)14-21/h8-11,17H,7,12-15H2,1-6H3. The third-order valence-corrected chi connectivity index (χ3v) is 8.41. The third kappa shape index (κ3) is 3.40. The topological polar surface area (TPSA) is 37.4 Å². The summed E-state index contributed by atoms with van der Waals surface area (Å²) in [7, 11) is -3.42. The Morgan fingerprint density at radius 2 is 1.72 bits per heavy atom. The van der Waals surface area contributed by atoms with Crippen molar-refractivity contribution in [2.24, 2.45) is 10.8 Å². The van der Waals surface area contributed by atoms with Gasteiger partial charge in [0.15, 0.2) is 0 Å². The molecule has 0 spiro atoms. The molecule has 0 amide bonds. The second kappa shape index (κ2) is 5.82. The van der Waals surface area contributed by atoms with Gasteiger partial charge in [0.2, 0.25) is 10.0 Å². The van der Waals surface area contributed by atoms with Crippen LogP contribution in [0.5, 0.6) is 0 Å². The van der Waals surface area contributed by atoms with Crippen molar-refractivity contribution in [3.63, 3.8) is 0 Å². The molecule has 1 heterocycles. The Kier molecular flexibility index (Phi) is 4.40. The van der Waals surface area contributed by atoms with Gasteiger partial charge in [0.05, 0.1) is 4.90 Å². The van der Waals surface area contributed by atoms with Gasteiger partial charge in [-0.05, 0) is 59.6 Å². The summed E-state index contributed by atoms with van der Waals surface area (Å²) in [5.41, 5.74) is 1.60. The molecular formula is C21H33NO2S. The first-order chi connectivity index (χ1) is 11.4. The molecule has 0 radical (unpaired) electrons. The van der Waals surface area contributed by atoms with Crippen molar-refractivity contribution >= 4 is 10.0 Å². The van der Waals surface area contributed by atoms with Gasteiger partial charge < -0.3 is 0 Å². The molecule has 1 aromatic carbocycles. The van der Waals surface area contributed by atoms with E-state index in [1.54, 1.807) is 16.4 Å². The van der Waals surface area contributed by atoms with E-state index in [4.69, 9.17) is 0 Å². The first kappa shape index (κ1) is 18.9. The van der Waals surface area contributed by atoms with Gasteiger partial charge in [-0.1, -0.05) is 53.7 Å². The summed E-state index contributed by atoms with van der Waals surface area (Å²) in [6.07, 6.45) is 4.09. The van der Waals surface area contributed by atoms with E-state index in [-0.39, 0.29) is 22.3 Å². The van der Waals surface area contributed by atoms with E-state index in [2.05, 4.69) is 41.5 Å². The SMILES string of the molecule is CCC(C)(C)c1ccc(S(=O)(=O)N2CC3(C)CC2CC(C)(C)C3)cc1. The number of fused-ring (bicyclic) bond motifs is 2. The fraction of sp³-hybridized carbons (Fsp3) is 0.714. The maximum absolute atomic E-state index is 13.3. The van der Waals surface area contributed by atoms with E-state index >= 15 is 0 Å². The molecule has 3 rings (SSSR count). The average Bonchev–Trinajstić information content (AvgIpc) is 2.77. The highest BCUT2D eigenvalue weighted by atomic mass is 32.2. The van der Waals surface area contributed by atoms with Crippen LogP contribution in [0.2, 0.25) is 0 Å². The van der Waals surface area contributed by atoms with E-state index in [1.165, 1.54) is 5.56 Å². The molecule has 1 aliphatic carbocycles. The monoisotopic (exact) mass is 363 g/mol. The number of hydrogen-bond acceptors (Lipinski definition) is 2. The average molecular weight is 364 g/mol. The molecule has 2 atom stereocenters. The summed E-state index contributed by atoms with van der Waals surface area (Å²) >= 11 is 0. The quantitative estimate of drug-likeness (QED) is 0.758. The lowest BCUT2D eigenvalue weighted by molar-refractivity contribution is 0.133. The van der Waals surface area contributed by atoms with Gasteiger partial charge in [0, 0.05) is 12.6 Å². The van der Waals surface area contributed by atoms with Crippen molar-refractivity contribution in [2.45, 2.75) is 83.6 Å². The van der Waals surface area contributed by atoms with Crippen molar-refractivity contribution in [1.82, 2.24) is 4.31 Å². The summed E-state index contributed by atoms with van der Waals surface area (Å²) in [4.78, 5) is 0.442. The number of rotatable bonds is 4. The van der Waals surface area contributed by atoms with Crippen LogP contribution in [0.3, 0.4) is 0 Å². The fourth-order valence-electron chi connectivity index (χ4n) is 5.11. The van der Waals surface area contributed by atoms with E-state index in [0.29, 0.717) is 11.4 Å². The number of benzene rings is 1. The maximum Gasteiger partial charge on any atom is 0.243 e. The van der Waals surface area contributed by atoms with Crippen molar-refractivity contribution in [3.8, 4) is 0 Å². The lowest BCUT2D eigenvalue weighted by Crippen LogP contribution is -2.37. The van der Waals surface area contributed by atoms with Gasteiger partial charge in [-0.2, -0.15) is 4.31 Å². The van der Waals surface area contributed by atoms with Gasteiger partial charge in [0.25, 0.3) is 0 Å². The zero-order valence-electron chi connectivity index (χ0n) is 16.6. The maximum atomic E-state index is 13.3. The van der Waals surface area contributed by atoms with Gasteiger partial charge in [-0.15, -0.1) is 0 Å². The van der Waals surface area contributed by atoms with Crippen molar-refractivity contribution in [2.75, 3.05) is 6.54 Å². The van der Waals surface area contributed by atoms with Crippen LogP contribution in [-0.2, 0) is 15.4 Å². The minimum Gasteiger partial charge on any atom is -0.207 e. The van der Waals surface area contributed by atoms with E-state index in [0.717, 1.165) is 25.7 Å². The summed E-state index contributed by atoms with van der Waals surface area (Å²) in [5, 5.41) is 0. The summed E-state index contributed by atoms with van der Waals surface area (Å²) in [6, 6.07) is 7.73. The van der Waals surface area contributed by atoms with E-state index in [1.807, 2.05) is 12.1 Å². The Hall–Kier alpha value is -0.870. The molecule has 3 nitrogen and oxygen atoms in total. The number of nitrogens with zero attached hydrogens (tertiary/aromatic N) is 1. The molecular weight excluding hydrogens is 330 g/mol. The zero-order valence-corrected chi connectivity index (χ0v) is 17.4. The highest BCUT2D eigenvalue weighted by Gasteiger charge is 2.53. The Morgan fingerprint density at radius 1 is 1.12 bits per heavy atom. The molecule has 1 aromatic rings. The third-order valence-electron chi connectivity index (χ3n) is 6.49. The molecule has 1 saturated heterocycles. The second-order valence-electron chi connectivity index (χ2n) is 10.0. The molecule has 2 fully saturated rings. The molecule has 2 bridgehead atoms. The van der Waals surface area contributed by atoms with Gasteiger partial charge in [-0.3, -0.25) is 0 Å². The molecule has 1 aliphatic heterocycles. The van der Waals surface area contributed by atoms with Crippen LogP contribution in [0.4, 0.5) is 0 Å². The van der Waals surface area contributed by atoms with Crippen molar-refractivity contribution in [3.05, 3.63) is 29.8 Å². The van der Waals surface area contributed by atoms with Crippen molar-refractivity contribution < 1.29 is 8.42 Å². The van der Waals surface area contributed by atoms with Gasteiger partial charge in [0.1, 0.15) is 0 Å². The second-order valence-corrected chi connectivity index (χ2v) is 11.9. The molecule has 0 N–H and O–H groups in total. The van der Waals surface area contributed by atoms with Crippen LogP contribution >= 0.6 is 0 Å². The highest BCUT2D eigenvalue weighted by Crippen LogP contribution is 2.53. The predicted octanol–water partition coefficient (Wildman–Crippen LogP) is 4.96. The molecule has 4 heteroatoms. The smallest absolute Gasteiger partial charge is 0.207 e. The van der Waals surface area contributed by atoms with Crippen LogP contribution in [0.25, 0.3) is 0 Å². The van der Waals surface area contributed by atoms with Crippen LogP contribution in [0, 0.1) is 10.8 Å². The van der Waals surface area contributed by atoms with Gasteiger partial charge >= 0.3 is 0 Å². The van der Waals surface area contributed by atoms with Crippen LogP contribution < -0.4 is 0 Å². The molecule has 2 unspecified atom stereocenters. The lowest BCUT2D eigenvalue weighted by Gasteiger charge is -2.39. The van der Waals surface area contributed by atoms with E-state index in [9.17, 15) is 8.42 Å². The molecule has 1 saturated carbocycles. The zero-order chi connectivity index (χ0) is 18.7. The summed E-state index contributed by atoms with van der Waals surface area (Å²) in [6.45, 7) is 14.0. The predicted molar refractivity (Wildman–Crippen MR) is 103 cm³/mol. The molecule has 140 valence electrons. The Balaban J connectivity index is 1.90. The van der Waals surface area contributed by atoms with E-state index < -0.39 is 10.0 Å². The highest BCUT2D eigenvalue weighted by molar-refractivity contribution is 7.89. The Morgan fingerprint density at radius 3 is 2.28 bits per heavy atom. The minimum atomic E-state index is -3.42. The number of sulfonamides is 1. The molecule has 2 aliphatic rings. The van der Waals surface area contributed by atoms with Crippen molar-refractivity contribution in [1.29, 1.82) is 0 Å².